The SMILES string of the molecule is CCCCCCCCCCCCCCCCCCOCCOP(=O)(O)CO[C@H](CO)Cn1ccc(N)nc1=O.[Na]. The van der Waals surface area contributed by atoms with Crippen molar-refractivity contribution in [1.29, 1.82) is 0 Å². The third-order valence-corrected chi connectivity index (χ3v) is 7.70. The summed E-state index contributed by atoms with van der Waals surface area (Å²) in [6.07, 6.45) is 21.1. The third-order valence-electron chi connectivity index (χ3n) is 6.64. The van der Waals surface area contributed by atoms with E-state index < -0.39 is 32.3 Å². The summed E-state index contributed by atoms with van der Waals surface area (Å²) in [7, 11) is -4.01. The fourth-order valence-electron chi connectivity index (χ4n) is 4.29. The number of nitrogens with two attached hydrogens (primary N) is 1. The minimum atomic E-state index is -4.01. The number of aliphatic hydroxyl groups excluding tert-OH is 1. The Balaban J connectivity index is 0.0000152. The number of nitrogens with zero attached hydrogens (tertiary/aromatic N) is 2. The number of aliphatic hydroxyl groups is 1. The number of unbranched alkanes of at least 4 members (excludes halogenated alkanes) is 15. The number of rotatable bonds is 27. The van der Waals surface area contributed by atoms with E-state index in [1.54, 1.807) is 0 Å². The van der Waals surface area contributed by atoms with Crippen LogP contribution in [0.3, 0.4) is 0 Å². The molecule has 40 heavy (non-hydrogen) atoms. The predicted molar refractivity (Wildman–Crippen MR) is 162 cm³/mol. The van der Waals surface area contributed by atoms with E-state index >= 15 is 0 Å². The molecule has 0 spiro atoms. The van der Waals surface area contributed by atoms with Gasteiger partial charge in [-0.15, -0.1) is 0 Å². The van der Waals surface area contributed by atoms with Gasteiger partial charge in [-0.1, -0.05) is 103 Å². The summed E-state index contributed by atoms with van der Waals surface area (Å²) in [6.45, 7) is 2.58. The maximum Gasteiger partial charge on any atom is 0.353 e. The van der Waals surface area contributed by atoms with E-state index in [1.165, 1.54) is 107 Å². The molecule has 0 saturated carbocycles. The molecule has 229 valence electrons. The van der Waals surface area contributed by atoms with Gasteiger partial charge in [0.05, 0.1) is 32.5 Å². The van der Waals surface area contributed by atoms with Crippen molar-refractivity contribution >= 4 is 43.0 Å². The van der Waals surface area contributed by atoms with E-state index in [0.29, 0.717) is 6.61 Å². The average Bonchev–Trinajstić information content (AvgIpc) is 2.91. The van der Waals surface area contributed by atoms with Crippen LogP contribution in [0.25, 0.3) is 0 Å². The molecule has 0 fully saturated rings. The first-order valence-electron chi connectivity index (χ1n) is 15.0. The summed E-state index contributed by atoms with van der Waals surface area (Å²) in [4.78, 5) is 25.3. The summed E-state index contributed by atoms with van der Waals surface area (Å²) in [5.41, 5.74) is 4.85. The Morgan fingerprint density at radius 2 is 1.43 bits per heavy atom. The fraction of sp³-hybridized carbons (Fsp3) is 0.857. The van der Waals surface area contributed by atoms with Crippen molar-refractivity contribution in [2.45, 2.75) is 122 Å². The molecule has 1 heterocycles. The van der Waals surface area contributed by atoms with Crippen LogP contribution >= 0.6 is 7.60 Å². The van der Waals surface area contributed by atoms with Gasteiger partial charge in [0.15, 0.2) is 0 Å². The predicted octanol–water partition coefficient (Wildman–Crippen LogP) is 5.26. The molecule has 4 N–H and O–H groups in total. The van der Waals surface area contributed by atoms with Gasteiger partial charge in [-0.3, -0.25) is 9.13 Å². The molecule has 0 aliphatic carbocycles. The molecule has 1 rings (SSSR count). The van der Waals surface area contributed by atoms with E-state index in [2.05, 4.69) is 11.9 Å². The van der Waals surface area contributed by atoms with Gasteiger partial charge in [-0.25, -0.2) is 4.79 Å². The van der Waals surface area contributed by atoms with Crippen LogP contribution < -0.4 is 11.4 Å². The fourth-order valence-corrected chi connectivity index (χ4v) is 5.13. The number of hydrogen-bond acceptors (Lipinski definition) is 8. The summed E-state index contributed by atoms with van der Waals surface area (Å²) in [6, 6.07) is 1.44. The zero-order valence-corrected chi connectivity index (χ0v) is 28.0. The van der Waals surface area contributed by atoms with Crippen molar-refractivity contribution in [2.24, 2.45) is 0 Å². The molecule has 2 atom stereocenters. The molecule has 1 aromatic rings. The van der Waals surface area contributed by atoms with Gasteiger partial charge >= 0.3 is 13.3 Å². The first kappa shape index (κ1) is 39.7. The molecule has 0 bridgehead atoms. The molecule has 0 aliphatic heterocycles. The van der Waals surface area contributed by atoms with Crippen LogP contribution in [0.1, 0.15) is 110 Å². The monoisotopic (exact) mass is 598 g/mol. The van der Waals surface area contributed by atoms with Gasteiger partial charge in [0.25, 0.3) is 0 Å². The molecule has 0 aliphatic rings. The third kappa shape index (κ3) is 22.3. The standard InChI is InChI=1S/C28H54N3O7P.Na/c1-2-3-4-5-6-7-8-9-10-11-12-13-14-15-16-17-20-36-21-22-38-39(34,35)25-37-26(24-32)23-31-19-18-27(29)30-28(31)33;/h18-19,26,32H,2-17,20-25H2,1H3,(H,34,35)(H2,29,30,33);/t26-;/m0./s1. The van der Waals surface area contributed by atoms with Gasteiger partial charge in [-0.2, -0.15) is 4.98 Å². The minimum absolute atomic E-state index is 0. The van der Waals surface area contributed by atoms with Gasteiger partial charge in [0.1, 0.15) is 12.2 Å². The topological polar surface area (TPSA) is 146 Å². The van der Waals surface area contributed by atoms with Crippen LogP contribution in [0.5, 0.6) is 0 Å². The van der Waals surface area contributed by atoms with Crippen molar-refractivity contribution in [3.8, 4) is 0 Å². The number of aromatic nitrogens is 2. The molecule has 0 saturated heterocycles. The summed E-state index contributed by atoms with van der Waals surface area (Å²) >= 11 is 0. The number of hydrogen-bond donors (Lipinski definition) is 3. The Morgan fingerprint density at radius 1 is 0.900 bits per heavy atom. The smallest absolute Gasteiger partial charge is 0.353 e. The Morgan fingerprint density at radius 3 is 1.93 bits per heavy atom. The maximum absolute atomic E-state index is 12.2. The number of nitrogen functional groups attached to an aromatic ring is 1. The maximum atomic E-state index is 12.2. The normalized spacial score (nSPS) is 13.6. The Bertz CT molecular complexity index is 831. The second kappa shape index (κ2) is 26.3. The number of anilines is 1. The Labute approximate surface area is 263 Å². The minimum Gasteiger partial charge on any atom is -0.394 e. The van der Waals surface area contributed by atoms with Crippen molar-refractivity contribution < 1.29 is 28.6 Å². The summed E-state index contributed by atoms with van der Waals surface area (Å²) < 4.78 is 29.2. The molecule has 10 nitrogen and oxygen atoms in total. The first-order valence-corrected chi connectivity index (χ1v) is 16.7. The van der Waals surface area contributed by atoms with Gasteiger partial charge in [0, 0.05) is 42.4 Å². The molecule has 12 heteroatoms. The van der Waals surface area contributed by atoms with E-state index in [0.717, 1.165) is 12.8 Å². The van der Waals surface area contributed by atoms with E-state index in [4.69, 9.17) is 19.7 Å². The van der Waals surface area contributed by atoms with E-state index in [9.17, 15) is 19.4 Å². The number of ether oxygens (including phenoxy) is 2. The van der Waals surface area contributed by atoms with Crippen LogP contribution in [0, 0.1) is 0 Å². The molecular formula is C28H54N3NaO7P. The van der Waals surface area contributed by atoms with Crippen molar-refractivity contribution in [1.82, 2.24) is 9.55 Å². The van der Waals surface area contributed by atoms with E-state index in [1.807, 2.05) is 0 Å². The largest absolute Gasteiger partial charge is 0.394 e. The van der Waals surface area contributed by atoms with Crippen LogP contribution in [-0.4, -0.2) is 88.0 Å². The van der Waals surface area contributed by atoms with Gasteiger partial charge < -0.3 is 29.7 Å². The quantitative estimate of drug-likeness (QED) is 0.0701. The molecule has 0 aromatic carbocycles. The molecule has 0 amide bonds. The van der Waals surface area contributed by atoms with Crippen molar-refractivity contribution in [2.75, 3.05) is 38.5 Å². The van der Waals surface area contributed by atoms with Gasteiger partial charge in [0.2, 0.25) is 0 Å². The van der Waals surface area contributed by atoms with Crippen LogP contribution in [0.15, 0.2) is 17.1 Å². The van der Waals surface area contributed by atoms with Gasteiger partial charge in [-0.05, 0) is 12.5 Å². The second-order valence-electron chi connectivity index (χ2n) is 10.3. The Hall–Kier alpha value is -0.290. The Kier molecular flexibility index (Phi) is 26.2. The van der Waals surface area contributed by atoms with Crippen molar-refractivity contribution in [3.63, 3.8) is 0 Å². The first-order chi connectivity index (χ1) is 18.9. The zero-order valence-electron chi connectivity index (χ0n) is 25.1. The van der Waals surface area contributed by atoms with Crippen LogP contribution in [0.2, 0.25) is 0 Å². The second-order valence-corrected chi connectivity index (χ2v) is 12.1. The summed E-state index contributed by atoms with van der Waals surface area (Å²) in [5, 5.41) is 9.46. The zero-order chi connectivity index (χ0) is 28.6. The average molecular weight is 599 g/mol. The molecular weight excluding hydrogens is 544 g/mol. The van der Waals surface area contributed by atoms with Crippen LogP contribution in [0.4, 0.5) is 5.82 Å². The van der Waals surface area contributed by atoms with Crippen molar-refractivity contribution in [3.05, 3.63) is 22.7 Å². The summed E-state index contributed by atoms with van der Waals surface area (Å²) in [5.74, 6) is 0.0861. The van der Waals surface area contributed by atoms with Crippen LogP contribution in [-0.2, 0) is 25.1 Å². The molecule has 1 radical (unpaired) electrons. The molecule has 1 aromatic heterocycles. The molecule has 1 unspecified atom stereocenters. The van der Waals surface area contributed by atoms with E-state index in [-0.39, 0.29) is 55.1 Å².